The molecular weight excluding hydrogens is 326 g/mol. The zero-order valence-corrected chi connectivity index (χ0v) is 15.1. The zero-order chi connectivity index (χ0) is 18.1. The van der Waals surface area contributed by atoms with Crippen LogP contribution in [0.4, 0.5) is 0 Å². The van der Waals surface area contributed by atoms with Crippen LogP contribution in [0.3, 0.4) is 0 Å². The molecule has 3 heterocycles. The first-order valence-electron chi connectivity index (χ1n) is 9.02. The van der Waals surface area contributed by atoms with E-state index in [2.05, 4.69) is 40.2 Å². The predicted molar refractivity (Wildman–Crippen MR) is 101 cm³/mol. The molecular formula is C20H23N5O. The summed E-state index contributed by atoms with van der Waals surface area (Å²) < 4.78 is 1.93. The van der Waals surface area contributed by atoms with Crippen molar-refractivity contribution in [1.29, 1.82) is 0 Å². The van der Waals surface area contributed by atoms with Crippen LogP contribution in [-0.2, 0) is 11.3 Å². The first-order chi connectivity index (χ1) is 12.6. The highest BCUT2D eigenvalue weighted by molar-refractivity contribution is 5.84. The van der Waals surface area contributed by atoms with Crippen LogP contribution in [0.1, 0.15) is 37.1 Å². The van der Waals surface area contributed by atoms with Crippen LogP contribution in [0, 0.1) is 0 Å². The Morgan fingerprint density at radius 2 is 2.04 bits per heavy atom. The predicted octanol–water partition coefficient (Wildman–Crippen LogP) is 2.69. The standard InChI is InChI=1S/C20H23N5O/c1-14(2)25-19-17(12-23-25)10-15(11-22-19)13-24-9-8-21-20(26)18(24)16-6-4-3-5-7-16/h3-7,10-12,14,18H,8-9,13H2,1-2H3,(H,21,26). The number of benzene rings is 1. The average Bonchev–Trinajstić information content (AvgIpc) is 3.06. The summed E-state index contributed by atoms with van der Waals surface area (Å²) in [6.45, 7) is 6.36. The van der Waals surface area contributed by atoms with Gasteiger partial charge in [0.2, 0.25) is 5.91 Å². The number of nitrogens with zero attached hydrogens (tertiary/aromatic N) is 4. The number of fused-ring (bicyclic) bond motifs is 1. The molecule has 1 N–H and O–H groups in total. The molecule has 1 aliphatic rings. The van der Waals surface area contributed by atoms with Gasteiger partial charge in [-0.3, -0.25) is 9.69 Å². The summed E-state index contributed by atoms with van der Waals surface area (Å²) in [7, 11) is 0. The van der Waals surface area contributed by atoms with Crippen LogP contribution in [0.2, 0.25) is 0 Å². The lowest BCUT2D eigenvalue weighted by molar-refractivity contribution is -0.129. The fraction of sp³-hybridized carbons (Fsp3) is 0.350. The second kappa shape index (κ2) is 6.88. The van der Waals surface area contributed by atoms with E-state index < -0.39 is 0 Å². The van der Waals surface area contributed by atoms with Crippen molar-refractivity contribution in [2.24, 2.45) is 0 Å². The van der Waals surface area contributed by atoms with Crippen LogP contribution in [0.15, 0.2) is 48.8 Å². The van der Waals surface area contributed by atoms with Gasteiger partial charge in [-0.1, -0.05) is 30.3 Å². The van der Waals surface area contributed by atoms with E-state index in [1.54, 1.807) is 0 Å². The summed E-state index contributed by atoms with van der Waals surface area (Å²) in [4.78, 5) is 19.3. The van der Waals surface area contributed by atoms with Gasteiger partial charge in [0.1, 0.15) is 6.04 Å². The number of rotatable bonds is 4. The monoisotopic (exact) mass is 349 g/mol. The third-order valence-electron chi connectivity index (χ3n) is 4.79. The second-order valence-electron chi connectivity index (χ2n) is 7.01. The molecule has 1 aromatic carbocycles. The average molecular weight is 349 g/mol. The number of amides is 1. The lowest BCUT2D eigenvalue weighted by Gasteiger charge is -2.35. The Morgan fingerprint density at radius 1 is 1.23 bits per heavy atom. The van der Waals surface area contributed by atoms with Crippen molar-refractivity contribution in [2.75, 3.05) is 13.1 Å². The minimum absolute atomic E-state index is 0.0594. The van der Waals surface area contributed by atoms with Crippen molar-refractivity contribution in [3.05, 3.63) is 59.9 Å². The lowest BCUT2D eigenvalue weighted by atomic mass is 10.0. The van der Waals surface area contributed by atoms with E-state index in [0.717, 1.165) is 28.7 Å². The molecule has 0 saturated carbocycles. The van der Waals surface area contributed by atoms with Gasteiger partial charge in [-0.05, 0) is 31.0 Å². The van der Waals surface area contributed by atoms with E-state index in [-0.39, 0.29) is 18.0 Å². The van der Waals surface area contributed by atoms with Gasteiger partial charge in [-0.2, -0.15) is 5.10 Å². The molecule has 1 amide bonds. The molecule has 4 rings (SSSR count). The Labute approximate surface area is 152 Å². The molecule has 3 aromatic rings. The van der Waals surface area contributed by atoms with E-state index in [0.29, 0.717) is 13.1 Å². The maximum atomic E-state index is 12.5. The SMILES string of the molecule is CC(C)n1ncc2cc(CN3CCNC(=O)C3c3ccccc3)cnc21. The molecule has 1 atom stereocenters. The Bertz CT molecular complexity index is 918. The normalized spacial score (nSPS) is 18.4. The maximum Gasteiger partial charge on any atom is 0.242 e. The first kappa shape index (κ1) is 16.7. The van der Waals surface area contributed by atoms with E-state index in [9.17, 15) is 4.79 Å². The third kappa shape index (κ3) is 3.08. The van der Waals surface area contributed by atoms with Gasteiger partial charge in [0.05, 0.1) is 6.20 Å². The third-order valence-corrected chi connectivity index (χ3v) is 4.79. The molecule has 1 aliphatic heterocycles. The number of pyridine rings is 1. The quantitative estimate of drug-likeness (QED) is 0.787. The van der Waals surface area contributed by atoms with E-state index >= 15 is 0 Å². The highest BCUT2D eigenvalue weighted by Gasteiger charge is 2.31. The van der Waals surface area contributed by atoms with Crippen LogP contribution in [0.25, 0.3) is 11.0 Å². The molecule has 26 heavy (non-hydrogen) atoms. The summed E-state index contributed by atoms with van der Waals surface area (Å²) >= 11 is 0. The molecule has 1 saturated heterocycles. The molecule has 6 heteroatoms. The number of hydrogen-bond acceptors (Lipinski definition) is 4. The van der Waals surface area contributed by atoms with Gasteiger partial charge >= 0.3 is 0 Å². The van der Waals surface area contributed by atoms with Gasteiger partial charge in [-0.25, -0.2) is 9.67 Å². The molecule has 1 unspecified atom stereocenters. The molecule has 1 fully saturated rings. The van der Waals surface area contributed by atoms with Gasteiger partial charge in [0, 0.05) is 37.3 Å². The van der Waals surface area contributed by atoms with E-state index in [1.807, 2.05) is 47.4 Å². The molecule has 134 valence electrons. The Kier molecular flexibility index (Phi) is 4.42. The van der Waals surface area contributed by atoms with Crippen molar-refractivity contribution in [3.8, 4) is 0 Å². The van der Waals surface area contributed by atoms with Crippen molar-refractivity contribution in [2.45, 2.75) is 32.5 Å². The summed E-state index contributed by atoms with van der Waals surface area (Å²) in [5.41, 5.74) is 3.02. The molecule has 0 spiro atoms. The maximum absolute atomic E-state index is 12.5. The van der Waals surface area contributed by atoms with Crippen molar-refractivity contribution in [1.82, 2.24) is 25.0 Å². The van der Waals surface area contributed by atoms with Crippen molar-refractivity contribution in [3.63, 3.8) is 0 Å². The topological polar surface area (TPSA) is 63.1 Å². The number of aromatic nitrogens is 3. The number of nitrogens with one attached hydrogen (secondary N) is 1. The number of carbonyl (C=O) groups excluding carboxylic acids is 1. The van der Waals surface area contributed by atoms with Crippen LogP contribution in [-0.4, -0.2) is 38.7 Å². The van der Waals surface area contributed by atoms with Gasteiger partial charge in [-0.15, -0.1) is 0 Å². The Balaban J connectivity index is 1.62. The highest BCUT2D eigenvalue weighted by Crippen LogP contribution is 2.26. The summed E-state index contributed by atoms with van der Waals surface area (Å²) in [6, 6.07) is 12.1. The summed E-state index contributed by atoms with van der Waals surface area (Å²) in [6.07, 6.45) is 3.76. The van der Waals surface area contributed by atoms with Crippen molar-refractivity contribution >= 4 is 16.9 Å². The number of piperazine rings is 1. The molecule has 2 aromatic heterocycles. The zero-order valence-electron chi connectivity index (χ0n) is 15.1. The van der Waals surface area contributed by atoms with Crippen LogP contribution in [0.5, 0.6) is 0 Å². The Hall–Kier alpha value is -2.73. The van der Waals surface area contributed by atoms with Gasteiger partial charge < -0.3 is 5.32 Å². The molecule has 0 radical (unpaired) electrons. The molecule has 0 aliphatic carbocycles. The minimum Gasteiger partial charge on any atom is -0.353 e. The summed E-state index contributed by atoms with van der Waals surface area (Å²) in [5, 5.41) is 8.45. The highest BCUT2D eigenvalue weighted by atomic mass is 16.2. The fourth-order valence-corrected chi connectivity index (χ4v) is 3.57. The fourth-order valence-electron chi connectivity index (χ4n) is 3.57. The Morgan fingerprint density at radius 3 is 2.81 bits per heavy atom. The lowest BCUT2D eigenvalue weighted by Crippen LogP contribution is -2.49. The van der Waals surface area contributed by atoms with Gasteiger partial charge in [0.15, 0.2) is 5.65 Å². The number of carbonyl (C=O) groups is 1. The van der Waals surface area contributed by atoms with Crippen LogP contribution >= 0.6 is 0 Å². The minimum atomic E-state index is -0.265. The molecule has 0 bridgehead atoms. The van der Waals surface area contributed by atoms with Crippen LogP contribution < -0.4 is 5.32 Å². The van der Waals surface area contributed by atoms with Crippen molar-refractivity contribution < 1.29 is 4.79 Å². The summed E-state index contributed by atoms with van der Waals surface area (Å²) in [5.74, 6) is 0.0594. The number of hydrogen-bond donors (Lipinski definition) is 1. The second-order valence-corrected chi connectivity index (χ2v) is 7.01. The largest absolute Gasteiger partial charge is 0.353 e. The van der Waals surface area contributed by atoms with E-state index in [4.69, 9.17) is 0 Å². The molecule has 6 nitrogen and oxygen atoms in total. The first-order valence-corrected chi connectivity index (χ1v) is 9.02. The smallest absolute Gasteiger partial charge is 0.242 e. The van der Waals surface area contributed by atoms with Gasteiger partial charge in [0.25, 0.3) is 0 Å². The van der Waals surface area contributed by atoms with E-state index in [1.165, 1.54) is 0 Å².